The highest BCUT2D eigenvalue weighted by atomic mass is 32.1. The highest BCUT2D eigenvalue weighted by molar-refractivity contribution is 7.80. The van der Waals surface area contributed by atoms with Gasteiger partial charge in [0.1, 0.15) is 4.99 Å². The molecule has 5 aliphatic rings. The number of benzene rings is 1. The van der Waals surface area contributed by atoms with Crippen LogP contribution in [0.1, 0.15) is 76.2 Å². The van der Waals surface area contributed by atoms with E-state index >= 15 is 0 Å². The number of nitrogens with zero attached hydrogens (tertiary/aromatic N) is 1. The van der Waals surface area contributed by atoms with E-state index in [1.807, 2.05) is 0 Å². The third-order valence-electron chi connectivity index (χ3n) is 8.96. The molecular formula is C26H33F2NS. The zero-order valence-electron chi connectivity index (χ0n) is 17.7. The minimum absolute atomic E-state index is 0.0319. The molecule has 6 rings (SSSR count). The van der Waals surface area contributed by atoms with Crippen molar-refractivity contribution in [3.05, 3.63) is 35.9 Å². The van der Waals surface area contributed by atoms with Crippen molar-refractivity contribution in [3.8, 4) is 0 Å². The van der Waals surface area contributed by atoms with Gasteiger partial charge in [-0.05, 0) is 79.6 Å². The summed E-state index contributed by atoms with van der Waals surface area (Å²) in [5.41, 5.74) is 1.54. The molecule has 5 atom stereocenters. The fraction of sp³-hybridized carbons (Fsp3) is 0.692. The van der Waals surface area contributed by atoms with Gasteiger partial charge in [0.2, 0.25) is 6.43 Å². The summed E-state index contributed by atoms with van der Waals surface area (Å²) in [6.45, 7) is 0. The molecule has 1 aromatic rings. The fourth-order valence-corrected chi connectivity index (χ4v) is 8.20. The molecule has 162 valence electrons. The molecule has 0 N–H and O–H groups in total. The van der Waals surface area contributed by atoms with Gasteiger partial charge in [-0.15, -0.1) is 0 Å². The quantitative estimate of drug-likeness (QED) is 0.339. The summed E-state index contributed by atoms with van der Waals surface area (Å²) in [6, 6.07) is 10.9. The summed E-state index contributed by atoms with van der Waals surface area (Å²) in [5, 5.41) is 0. The number of halogens is 2. The Bertz CT molecular complexity index is 803. The Morgan fingerprint density at radius 1 is 1.10 bits per heavy atom. The van der Waals surface area contributed by atoms with Gasteiger partial charge in [0.05, 0.1) is 0 Å². The van der Waals surface area contributed by atoms with E-state index in [0.29, 0.717) is 30.1 Å². The van der Waals surface area contributed by atoms with Gasteiger partial charge in [-0.25, -0.2) is 8.78 Å². The van der Waals surface area contributed by atoms with Crippen LogP contribution in [0.5, 0.6) is 0 Å². The van der Waals surface area contributed by atoms with E-state index in [4.69, 9.17) is 17.2 Å². The predicted octanol–water partition coefficient (Wildman–Crippen LogP) is 7.38. The normalized spacial score (nSPS) is 38.2. The van der Waals surface area contributed by atoms with Crippen LogP contribution in [0.2, 0.25) is 0 Å². The molecule has 5 unspecified atom stereocenters. The van der Waals surface area contributed by atoms with Crippen LogP contribution in [0, 0.1) is 29.1 Å². The molecule has 5 aliphatic carbocycles. The maximum Gasteiger partial charge on any atom is 0.238 e. The number of thiocarbonyl (C=S) groups is 1. The number of rotatable bonds is 6. The van der Waals surface area contributed by atoms with Crippen molar-refractivity contribution >= 4 is 23.4 Å². The van der Waals surface area contributed by atoms with E-state index in [0.717, 1.165) is 30.7 Å². The first-order chi connectivity index (χ1) is 14.5. The highest BCUT2D eigenvalue weighted by Crippen LogP contribution is 2.73. The number of hydrogen-bond donors (Lipinski definition) is 0. The Hall–Kier alpha value is -1.16. The first-order valence-electron chi connectivity index (χ1n) is 11.9. The van der Waals surface area contributed by atoms with Crippen molar-refractivity contribution < 1.29 is 8.78 Å². The van der Waals surface area contributed by atoms with Crippen LogP contribution in [0.25, 0.3) is 0 Å². The van der Waals surface area contributed by atoms with Crippen molar-refractivity contribution in [3.63, 3.8) is 0 Å². The second-order valence-corrected chi connectivity index (χ2v) is 11.0. The van der Waals surface area contributed by atoms with Gasteiger partial charge in [0, 0.05) is 18.1 Å². The van der Waals surface area contributed by atoms with Gasteiger partial charge in [-0.3, -0.25) is 4.99 Å². The van der Waals surface area contributed by atoms with E-state index in [1.54, 1.807) is 0 Å². The molecule has 1 aromatic carbocycles. The topological polar surface area (TPSA) is 12.4 Å². The number of aliphatic imine (C=N–C) groups is 1. The zero-order valence-corrected chi connectivity index (χ0v) is 18.6. The van der Waals surface area contributed by atoms with Crippen LogP contribution >= 0.6 is 12.2 Å². The summed E-state index contributed by atoms with van der Waals surface area (Å²) in [6.07, 6.45) is 11.4. The van der Waals surface area contributed by atoms with E-state index in [-0.39, 0.29) is 17.3 Å². The molecular weight excluding hydrogens is 396 g/mol. The molecule has 4 heteroatoms. The minimum Gasteiger partial charge on any atom is -0.253 e. The number of alkyl halides is 2. The van der Waals surface area contributed by atoms with E-state index < -0.39 is 6.43 Å². The van der Waals surface area contributed by atoms with Gasteiger partial charge < -0.3 is 0 Å². The van der Waals surface area contributed by atoms with Crippen LogP contribution in [0.15, 0.2) is 35.3 Å². The Morgan fingerprint density at radius 2 is 1.87 bits per heavy atom. The number of hydrogen-bond acceptors (Lipinski definition) is 1. The van der Waals surface area contributed by atoms with Crippen molar-refractivity contribution in [1.29, 1.82) is 0 Å². The minimum atomic E-state index is -2.20. The molecule has 0 amide bonds. The molecule has 0 spiro atoms. The summed E-state index contributed by atoms with van der Waals surface area (Å²) in [7, 11) is 0. The van der Waals surface area contributed by atoms with Gasteiger partial charge in [0.25, 0.3) is 0 Å². The molecule has 5 fully saturated rings. The van der Waals surface area contributed by atoms with Crippen molar-refractivity contribution in [2.24, 2.45) is 34.1 Å². The van der Waals surface area contributed by atoms with Gasteiger partial charge in [-0.1, -0.05) is 61.8 Å². The van der Waals surface area contributed by atoms with Crippen LogP contribution in [0.3, 0.4) is 0 Å². The molecule has 30 heavy (non-hydrogen) atoms. The lowest BCUT2D eigenvalue weighted by atomic mass is 9.61. The third kappa shape index (κ3) is 3.47. The highest BCUT2D eigenvalue weighted by Gasteiger charge is 2.69. The third-order valence-corrected chi connectivity index (χ3v) is 9.47. The Morgan fingerprint density at radius 3 is 2.60 bits per heavy atom. The first-order valence-corrected chi connectivity index (χ1v) is 12.4. The molecule has 0 aliphatic heterocycles. The lowest BCUT2D eigenvalue weighted by molar-refractivity contribution is 0.0995. The van der Waals surface area contributed by atoms with E-state index in [1.165, 1.54) is 37.7 Å². The van der Waals surface area contributed by atoms with Crippen LogP contribution in [0.4, 0.5) is 8.78 Å². The van der Waals surface area contributed by atoms with Crippen molar-refractivity contribution in [2.45, 2.75) is 82.5 Å². The largest absolute Gasteiger partial charge is 0.253 e. The molecule has 0 aromatic heterocycles. The Labute approximate surface area is 184 Å². The van der Waals surface area contributed by atoms with Gasteiger partial charge in [0.15, 0.2) is 0 Å². The molecule has 0 heterocycles. The summed E-state index contributed by atoms with van der Waals surface area (Å²) >= 11 is 6.03. The molecule has 0 saturated heterocycles. The summed E-state index contributed by atoms with van der Waals surface area (Å²) in [5.74, 6) is 1.90. The molecule has 0 radical (unpaired) electrons. The first kappa shape index (κ1) is 20.7. The lowest BCUT2D eigenvalue weighted by Crippen LogP contribution is -2.37. The van der Waals surface area contributed by atoms with E-state index in [9.17, 15) is 8.78 Å². The summed E-state index contributed by atoms with van der Waals surface area (Å²) < 4.78 is 26.1. The standard InChI is InChI=1S/C26H33F2NS/c27-23(28)12-11-21-19-13-25(20-9-5-2-6-10-20)15-22(21)26(14-19,17-25)24(30)29-16-18-7-3-1-4-8-18/h2,5-6,9-10,16,18-19,21-23H,1,3-4,7-8,11-15,17H2/b29-16+. The van der Waals surface area contributed by atoms with Crippen molar-refractivity contribution in [2.75, 3.05) is 0 Å². The second-order valence-electron chi connectivity index (χ2n) is 10.6. The molecule has 4 bridgehead atoms. The molecule has 5 saturated carbocycles. The fourth-order valence-electron chi connectivity index (χ4n) is 7.83. The molecule has 1 nitrogen and oxygen atoms in total. The zero-order chi connectivity index (χ0) is 20.8. The van der Waals surface area contributed by atoms with Crippen LogP contribution in [-0.4, -0.2) is 17.6 Å². The average Bonchev–Trinajstić information content (AvgIpc) is 3.14. The van der Waals surface area contributed by atoms with Crippen molar-refractivity contribution in [1.82, 2.24) is 0 Å². The lowest BCUT2D eigenvalue weighted by Gasteiger charge is -2.43. The van der Waals surface area contributed by atoms with E-state index in [2.05, 4.69) is 36.5 Å². The van der Waals surface area contributed by atoms with Crippen LogP contribution < -0.4 is 0 Å². The van der Waals surface area contributed by atoms with Crippen LogP contribution in [-0.2, 0) is 5.41 Å². The average molecular weight is 430 g/mol. The maximum absolute atomic E-state index is 13.0. The summed E-state index contributed by atoms with van der Waals surface area (Å²) in [4.78, 5) is 5.82. The predicted molar refractivity (Wildman–Crippen MR) is 122 cm³/mol. The monoisotopic (exact) mass is 429 g/mol. The maximum atomic E-state index is 13.0. The second kappa shape index (κ2) is 8.07. The Kier molecular flexibility index (Phi) is 5.58. The Balaban J connectivity index is 1.42. The SMILES string of the molecule is FC(F)CCC1C2CC3(c4ccccc4)CC1C(C(=S)/N=C/C1CCCCC1)(C2)C3. The van der Waals surface area contributed by atoms with Gasteiger partial charge >= 0.3 is 0 Å². The van der Waals surface area contributed by atoms with Gasteiger partial charge in [-0.2, -0.15) is 0 Å². The smallest absolute Gasteiger partial charge is 0.238 e.